The van der Waals surface area contributed by atoms with Crippen molar-refractivity contribution in [2.75, 3.05) is 17.3 Å². The summed E-state index contributed by atoms with van der Waals surface area (Å²) in [5.41, 5.74) is 1.56. The van der Waals surface area contributed by atoms with Gasteiger partial charge in [0, 0.05) is 17.5 Å². The number of aromatic nitrogens is 1. The van der Waals surface area contributed by atoms with E-state index in [1.54, 1.807) is 18.2 Å². The number of carbonyl (C=O) groups excluding carboxylic acids is 1. The summed E-state index contributed by atoms with van der Waals surface area (Å²) in [7, 11) is 0. The summed E-state index contributed by atoms with van der Waals surface area (Å²) in [6.07, 6.45) is 1.63. The first-order chi connectivity index (χ1) is 10.1. The van der Waals surface area contributed by atoms with Crippen molar-refractivity contribution < 1.29 is 4.79 Å². The molecule has 7 heteroatoms. The number of nitrogens with zero attached hydrogens (tertiary/aromatic N) is 2. The van der Waals surface area contributed by atoms with Crippen LogP contribution in [-0.4, -0.2) is 23.3 Å². The molecule has 3 nitrogen and oxygen atoms in total. The Labute approximate surface area is 141 Å². The second kappa shape index (κ2) is 7.27. The highest BCUT2D eigenvalue weighted by Crippen LogP contribution is 2.31. The SMILES string of the molecule is C=CCN(C(=O)CCl)c1nc(-c2ccc(Cl)c(Cl)c2)cs1. The molecule has 2 rings (SSSR count). The number of alkyl halides is 1. The number of thiazole rings is 1. The van der Waals surface area contributed by atoms with Crippen molar-refractivity contribution in [3.8, 4) is 11.3 Å². The van der Waals surface area contributed by atoms with Gasteiger partial charge in [-0.05, 0) is 12.1 Å². The molecule has 1 amide bonds. The molecule has 2 aromatic rings. The van der Waals surface area contributed by atoms with Crippen molar-refractivity contribution in [1.29, 1.82) is 0 Å². The number of hydrogen-bond donors (Lipinski definition) is 0. The molecule has 1 aromatic carbocycles. The number of anilines is 1. The molecule has 0 spiro atoms. The summed E-state index contributed by atoms with van der Waals surface area (Å²) >= 11 is 18.9. The fourth-order valence-corrected chi connectivity index (χ4v) is 2.97. The maximum atomic E-state index is 11.8. The molecule has 0 aliphatic rings. The van der Waals surface area contributed by atoms with Gasteiger partial charge in [0.1, 0.15) is 5.88 Å². The number of carbonyl (C=O) groups is 1. The third-order valence-corrected chi connectivity index (χ3v) is 4.50. The first-order valence-corrected chi connectivity index (χ1v) is 8.12. The minimum atomic E-state index is -0.216. The molecule has 0 atom stereocenters. The fourth-order valence-electron chi connectivity index (χ4n) is 1.66. The van der Waals surface area contributed by atoms with E-state index in [-0.39, 0.29) is 11.8 Å². The Bertz CT molecular complexity index is 672. The van der Waals surface area contributed by atoms with E-state index in [0.29, 0.717) is 21.7 Å². The molecule has 0 unspecified atom stereocenters. The maximum absolute atomic E-state index is 11.8. The normalized spacial score (nSPS) is 10.4. The van der Waals surface area contributed by atoms with E-state index in [2.05, 4.69) is 11.6 Å². The summed E-state index contributed by atoms with van der Waals surface area (Å²) in [6, 6.07) is 5.28. The van der Waals surface area contributed by atoms with Gasteiger partial charge in [-0.2, -0.15) is 0 Å². The molecule has 21 heavy (non-hydrogen) atoms. The van der Waals surface area contributed by atoms with Gasteiger partial charge in [-0.15, -0.1) is 29.5 Å². The van der Waals surface area contributed by atoms with Crippen LogP contribution in [0.1, 0.15) is 0 Å². The summed E-state index contributed by atoms with van der Waals surface area (Å²) in [6.45, 7) is 4.00. The first kappa shape index (κ1) is 16.3. The number of rotatable bonds is 5. The van der Waals surface area contributed by atoms with Crippen LogP contribution in [0.2, 0.25) is 10.0 Å². The van der Waals surface area contributed by atoms with Crippen LogP contribution in [0.3, 0.4) is 0 Å². The summed E-state index contributed by atoms with van der Waals surface area (Å²) in [5.74, 6) is -0.318. The van der Waals surface area contributed by atoms with Crippen LogP contribution in [0.5, 0.6) is 0 Å². The monoisotopic (exact) mass is 360 g/mol. The third-order valence-electron chi connectivity index (χ3n) is 2.67. The van der Waals surface area contributed by atoms with Crippen molar-refractivity contribution in [1.82, 2.24) is 4.98 Å². The second-order valence-electron chi connectivity index (χ2n) is 4.07. The Morgan fingerprint density at radius 2 is 2.14 bits per heavy atom. The van der Waals surface area contributed by atoms with Gasteiger partial charge >= 0.3 is 0 Å². The zero-order valence-corrected chi connectivity index (χ0v) is 13.9. The lowest BCUT2D eigenvalue weighted by molar-refractivity contribution is -0.116. The Kier molecular flexibility index (Phi) is 5.65. The first-order valence-electron chi connectivity index (χ1n) is 5.95. The summed E-state index contributed by atoms with van der Waals surface area (Å²) in [4.78, 5) is 17.8. The van der Waals surface area contributed by atoms with Crippen molar-refractivity contribution in [2.24, 2.45) is 0 Å². The average Bonchev–Trinajstić information content (AvgIpc) is 2.96. The molecule has 0 bridgehead atoms. The number of halogens is 3. The molecule has 0 N–H and O–H groups in total. The molecule has 1 aromatic heterocycles. The van der Waals surface area contributed by atoms with E-state index in [9.17, 15) is 4.79 Å². The molecule has 0 aliphatic carbocycles. The van der Waals surface area contributed by atoms with Crippen LogP contribution >= 0.6 is 46.1 Å². The van der Waals surface area contributed by atoms with Crippen LogP contribution in [0.25, 0.3) is 11.3 Å². The lowest BCUT2D eigenvalue weighted by Crippen LogP contribution is -2.31. The Hall–Kier alpha value is -1.07. The van der Waals surface area contributed by atoms with Gasteiger partial charge < -0.3 is 0 Å². The number of hydrogen-bond acceptors (Lipinski definition) is 3. The van der Waals surface area contributed by atoms with Crippen molar-refractivity contribution in [3.63, 3.8) is 0 Å². The standard InChI is InChI=1S/C14H11Cl3N2OS/c1-2-5-19(13(20)7-15)14-18-12(8-21-14)9-3-4-10(16)11(17)6-9/h2-4,6,8H,1,5,7H2. The predicted molar refractivity (Wildman–Crippen MR) is 90.8 cm³/mol. The minimum Gasteiger partial charge on any atom is -0.283 e. The van der Waals surface area contributed by atoms with Crippen LogP contribution in [0, 0.1) is 0 Å². The lowest BCUT2D eigenvalue weighted by atomic mass is 10.2. The van der Waals surface area contributed by atoms with E-state index in [1.807, 2.05) is 11.4 Å². The van der Waals surface area contributed by atoms with Gasteiger partial charge in [0.2, 0.25) is 5.91 Å². The van der Waals surface area contributed by atoms with Crippen LogP contribution in [-0.2, 0) is 4.79 Å². The van der Waals surface area contributed by atoms with Crippen molar-refractivity contribution in [3.05, 3.63) is 46.3 Å². The van der Waals surface area contributed by atoms with Gasteiger partial charge in [0.15, 0.2) is 5.13 Å². The molecule has 0 saturated heterocycles. The largest absolute Gasteiger partial charge is 0.283 e. The predicted octanol–water partition coefficient (Wildman–Crippen LogP) is 4.87. The Morgan fingerprint density at radius 3 is 2.76 bits per heavy atom. The Balaban J connectivity index is 2.33. The molecule has 0 saturated carbocycles. The lowest BCUT2D eigenvalue weighted by Gasteiger charge is -2.16. The quantitative estimate of drug-likeness (QED) is 0.562. The van der Waals surface area contributed by atoms with Crippen molar-refractivity contribution >= 4 is 57.2 Å². The number of benzene rings is 1. The van der Waals surface area contributed by atoms with Gasteiger partial charge in [-0.25, -0.2) is 4.98 Å². The van der Waals surface area contributed by atoms with E-state index in [4.69, 9.17) is 34.8 Å². The molecule has 1 heterocycles. The molecule has 0 aliphatic heterocycles. The van der Waals surface area contributed by atoms with E-state index < -0.39 is 0 Å². The minimum absolute atomic E-state index is 0.102. The molecule has 0 fully saturated rings. The second-order valence-corrected chi connectivity index (χ2v) is 5.99. The third kappa shape index (κ3) is 3.77. The highest BCUT2D eigenvalue weighted by molar-refractivity contribution is 7.14. The van der Waals surface area contributed by atoms with Crippen molar-refractivity contribution in [2.45, 2.75) is 0 Å². The van der Waals surface area contributed by atoms with Gasteiger partial charge in [0.25, 0.3) is 0 Å². The molecular weight excluding hydrogens is 351 g/mol. The van der Waals surface area contributed by atoms with E-state index in [1.165, 1.54) is 16.2 Å². The fraction of sp³-hybridized carbons (Fsp3) is 0.143. The van der Waals surface area contributed by atoms with Crippen LogP contribution < -0.4 is 4.90 Å². The summed E-state index contributed by atoms with van der Waals surface area (Å²) in [5, 5.41) is 3.37. The Morgan fingerprint density at radius 1 is 1.38 bits per heavy atom. The average molecular weight is 362 g/mol. The van der Waals surface area contributed by atoms with Gasteiger partial charge in [-0.3, -0.25) is 9.69 Å². The zero-order chi connectivity index (χ0) is 15.4. The smallest absolute Gasteiger partial charge is 0.243 e. The van der Waals surface area contributed by atoms with E-state index in [0.717, 1.165) is 11.3 Å². The topological polar surface area (TPSA) is 33.2 Å². The van der Waals surface area contributed by atoms with E-state index >= 15 is 0 Å². The van der Waals surface area contributed by atoms with Crippen LogP contribution in [0.4, 0.5) is 5.13 Å². The zero-order valence-electron chi connectivity index (χ0n) is 10.9. The molecule has 0 radical (unpaired) electrons. The highest BCUT2D eigenvalue weighted by Gasteiger charge is 2.17. The highest BCUT2D eigenvalue weighted by atomic mass is 35.5. The molecular formula is C14H11Cl3N2OS. The van der Waals surface area contributed by atoms with Gasteiger partial charge in [0.05, 0.1) is 15.7 Å². The maximum Gasteiger partial charge on any atom is 0.243 e. The van der Waals surface area contributed by atoms with Gasteiger partial charge in [-0.1, -0.05) is 35.3 Å². The summed E-state index contributed by atoms with van der Waals surface area (Å²) < 4.78 is 0. The van der Waals surface area contributed by atoms with Crippen LogP contribution in [0.15, 0.2) is 36.2 Å². The number of amides is 1. The molecule has 110 valence electrons.